The molecule has 6 bridgehead atoms. The van der Waals surface area contributed by atoms with E-state index in [2.05, 4.69) is 78.5 Å². The van der Waals surface area contributed by atoms with Gasteiger partial charge in [0.25, 0.3) is 0 Å². The first kappa shape index (κ1) is 46.2. The zero-order chi connectivity index (χ0) is 49.0. The number of hydrogen-bond donors (Lipinski definition) is 0. The smallest absolute Gasteiger partial charge is 0.231 e. The quantitative estimate of drug-likeness (QED) is 0.158. The Bertz CT molecular complexity index is 2930. The molecule has 6 atom stereocenters. The number of methoxy groups -OCH3 is 4. The summed E-state index contributed by atoms with van der Waals surface area (Å²) < 4.78 is 71.3. The number of benzene rings is 6. The molecule has 14 nitrogen and oxygen atoms in total. The molecule has 6 aromatic rings. The summed E-state index contributed by atoms with van der Waals surface area (Å²) in [6, 6.07) is 33.3. The molecule has 6 aromatic carbocycles. The van der Waals surface area contributed by atoms with Crippen LogP contribution in [0.3, 0.4) is 0 Å². The molecule has 0 saturated carbocycles. The van der Waals surface area contributed by atoms with E-state index in [1.165, 1.54) is 22.3 Å². The zero-order valence-corrected chi connectivity index (χ0v) is 41.6. The fourth-order valence-corrected chi connectivity index (χ4v) is 11.7. The molecule has 72 heavy (non-hydrogen) atoms. The molecule has 0 N–H and O–H groups in total. The van der Waals surface area contributed by atoms with Crippen molar-refractivity contribution in [2.24, 2.45) is 11.8 Å². The second-order valence-electron chi connectivity index (χ2n) is 19.5. The van der Waals surface area contributed by atoms with Gasteiger partial charge in [0, 0.05) is 42.6 Å². The van der Waals surface area contributed by atoms with Crippen molar-refractivity contribution in [3.8, 4) is 69.0 Å². The van der Waals surface area contributed by atoms with Crippen LogP contribution in [0, 0.1) is 11.8 Å². The summed E-state index contributed by atoms with van der Waals surface area (Å²) in [7, 11) is 11.1. The molecule has 0 aliphatic carbocycles. The third-order valence-corrected chi connectivity index (χ3v) is 15.6. The molecule has 8 heterocycles. The van der Waals surface area contributed by atoms with E-state index in [0.717, 1.165) is 89.8 Å². The molecule has 8 aliphatic heterocycles. The fourth-order valence-electron chi connectivity index (χ4n) is 11.7. The van der Waals surface area contributed by atoms with E-state index in [9.17, 15) is 0 Å². The number of rotatable bonds is 6. The molecule has 8 aliphatic rings. The van der Waals surface area contributed by atoms with Crippen molar-refractivity contribution in [3.05, 3.63) is 142 Å². The van der Waals surface area contributed by atoms with Crippen molar-refractivity contribution >= 4 is 0 Å². The third-order valence-electron chi connectivity index (χ3n) is 15.6. The van der Waals surface area contributed by atoms with Crippen LogP contribution in [-0.2, 0) is 35.2 Å². The molecule has 0 radical (unpaired) electrons. The van der Waals surface area contributed by atoms with Crippen molar-refractivity contribution in [2.45, 2.75) is 50.0 Å². The number of hydrogen-bond acceptors (Lipinski definition) is 14. The van der Waals surface area contributed by atoms with Crippen molar-refractivity contribution < 1.29 is 56.8 Å². The molecule has 14 rings (SSSR count). The van der Waals surface area contributed by atoms with E-state index in [1.807, 2.05) is 42.5 Å². The number of nitrogens with zero attached hydrogens (tertiary/aromatic N) is 2. The molecule has 6 unspecified atom stereocenters. The maximum atomic E-state index is 7.03. The highest BCUT2D eigenvalue weighted by Crippen LogP contribution is 2.54. The van der Waals surface area contributed by atoms with Crippen LogP contribution in [0.25, 0.3) is 0 Å². The van der Waals surface area contributed by atoms with Crippen molar-refractivity contribution in [3.63, 3.8) is 0 Å². The van der Waals surface area contributed by atoms with E-state index < -0.39 is 0 Å². The number of fused-ring (bicyclic) bond motifs is 5. The standard InChI is InChI=1S/C38H42N2O6.C20H18O6/c1-39-15-13-25-20-32(42-4)34-22-28(25)29(39)17-23-7-10-27(11-8-23)45-33-19-24(9-12-31(33)41-3)18-30-36-26(14-16-40(30)2)21-35(43-5)37(44-6)38(36)46-34;1-3-15-17(25-9-23-15)5-11(1)19-13-7-22-20(14(13)8-21-19)12-2-4-16-18(6-12)26-10-24-16/h7-12,19-22,29-30H,13-18H2,1-6H3;1-6,13-14,19-20H,7-10H2. The van der Waals surface area contributed by atoms with Crippen LogP contribution in [0.5, 0.6) is 69.0 Å². The summed E-state index contributed by atoms with van der Waals surface area (Å²) in [6.45, 7) is 3.79. The molecule has 0 aromatic heterocycles. The van der Waals surface area contributed by atoms with Crippen LogP contribution >= 0.6 is 0 Å². The lowest BCUT2D eigenvalue weighted by atomic mass is 9.85. The first-order valence-electron chi connectivity index (χ1n) is 24.8. The maximum absolute atomic E-state index is 7.03. The minimum absolute atomic E-state index is 0.000437. The van der Waals surface area contributed by atoms with E-state index in [1.54, 1.807) is 28.4 Å². The van der Waals surface area contributed by atoms with Crippen molar-refractivity contribution in [2.75, 3.05) is 82.4 Å². The summed E-state index contributed by atoms with van der Waals surface area (Å²) in [4.78, 5) is 4.81. The molecule has 374 valence electrons. The van der Waals surface area contributed by atoms with Crippen LogP contribution in [0.1, 0.15) is 68.8 Å². The lowest BCUT2D eigenvalue weighted by molar-refractivity contribution is 0.0192. The molecular formula is C58H60N2O12. The van der Waals surface area contributed by atoms with Gasteiger partial charge in [0.05, 0.1) is 53.9 Å². The molecule has 14 heteroatoms. The summed E-state index contributed by atoms with van der Waals surface area (Å²) in [6.07, 6.45) is 3.42. The minimum atomic E-state index is 0.000437. The summed E-state index contributed by atoms with van der Waals surface area (Å²) in [5.41, 5.74) is 9.40. The molecular weight excluding hydrogens is 917 g/mol. The van der Waals surface area contributed by atoms with Gasteiger partial charge in [-0.25, -0.2) is 0 Å². The Morgan fingerprint density at radius 3 is 1.69 bits per heavy atom. The van der Waals surface area contributed by atoms with E-state index in [4.69, 9.17) is 56.8 Å². The average molecular weight is 977 g/mol. The summed E-state index contributed by atoms with van der Waals surface area (Å²) in [5.74, 6) is 9.24. The Morgan fingerprint density at radius 1 is 0.486 bits per heavy atom. The molecule has 2 fully saturated rings. The van der Waals surface area contributed by atoms with Gasteiger partial charge in [-0.2, -0.15) is 0 Å². The van der Waals surface area contributed by atoms with Gasteiger partial charge in [-0.3, -0.25) is 9.80 Å². The Labute approximate surface area is 420 Å². The Morgan fingerprint density at radius 2 is 1.06 bits per heavy atom. The molecule has 0 spiro atoms. The topological polar surface area (TPSA) is 117 Å². The van der Waals surface area contributed by atoms with Gasteiger partial charge >= 0.3 is 0 Å². The predicted octanol–water partition coefficient (Wildman–Crippen LogP) is 10.4. The minimum Gasteiger partial charge on any atom is -0.493 e. The van der Waals surface area contributed by atoms with Crippen LogP contribution in [-0.4, -0.2) is 92.2 Å². The van der Waals surface area contributed by atoms with Gasteiger partial charge in [0.1, 0.15) is 5.75 Å². The summed E-state index contributed by atoms with van der Waals surface area (Å²) >= 11 is 0. The SMILES string of the molecule is COc1ccc2cc1Oc1ccc(cc1)CC1c3cc(c(OC)cc3CCN1C)Oc1c(OC)c(OC)cc3c1C(C2)N(C)CC3.c1cc2c(cc1C1OCC3C(c4ccc5c(c4)OCO5)OCC13)OCO2. The second kappa shape index (κ2) is 19.3. The Kier molecular flexibility index (Phi) is 12.4. The number of ether oxygens (including phenoxy) is 12. The average Bonchev–Trinajstić information content (AvgIpc) is 4.24. The highest BCUT2D eigenvalue weighted by molar-refractivity contribution is 5.64. The van der Waals surface area contributed by atoms with Crippen LogP contribution in [0.2, 0.25) is 0 Å². The van der Waals surface area contributed by atoms with Gasteiger partial charge in [-0.05, 0) is 145 Å². The van der Waals surface area contributed by atoms with Crippen molar-refractivity contribution in [1.82, 2.24) is 9.80 Å². The first-order chi connectivity index (χ1) is 35.3. The van der Waals surface area contributed by atoms with Gasteiger partial charge in [0.2, 0.25) is 19.3 Å². The van der Waals surface area contributed by atoms with Crippen LogP contribution in [0.4, 0.5) is 0 Å². The maximum Gasteiger partial charge on any atom is 0.231 e. The monoisotopic (exact) mass is 976 g/mol. The third kappa shape index (κ3) is 8.43. The fraction of sp³-hybridized carbons (Fsp3) is 0.379. The van der Waals surface area contributed by atoms with Gasteiger partial charge in [-0.15, -0.1) is 0 Å². The van der Waals surface area contributed by atoms with Crippen LogP contribution in [0.15, 0.2) is 97.1 Å². The summed E-state index contributed by atoms with van der Waals surface area (Å²) in [5, 5.41) is 0. The van der Waals surface area contributed by atoms with Crippen LogP contribution < -0.4 is 47.4 Å². The Balaban J connectivity index is 0.000000171. The van der Waals surface area contributed by atoms with E-state index >= 15 is 0 Å². The highest BCUT2D eigenvalue weighted by Gasteiger charge is 2.48. The normalized spacial score (nSPS) is 23.3. The lowest BCUT2D eigenvalue weighted by Crippen LogP contribution is -2.34. The largest absolute Gasteiger partial charge is 0.493 e. The van der Waals surface area contributed by atoms with Gasteiger partial charge in [-0.1, -0.05) is 30.3 Å². The van der Waals surface area contributed by atoms with Gasteiger partial charge in [0.15, 0.2) is 57.5 Å². The molecule has 2 saturated heterocycles. The van der Waals surface area contributed by atoms with E-state index in [0.29, 0.717) is 65.3 Å². The Hall–Kier alpha value is -6.84. The highest BCUT2D eigenvalue weighted by atomic mass is 16.7. The molecule has 0 amide bonds. The number of likely N-dealkylation sites (N-methyl/N-ethyl adjacent to an activating group) is 2. The zero-order valence-electron chi connectivity index (χ0n) is 41.6. The predicted molar refractivity (Wildman–Crippen MR) is 267 cm³/mol. The lowest BCUT2D eigenvalue weighted by Gasteiger charge is -2.37. The van der Waals surface area contributed by atoms with Gasteiger partial charge < -0.3 is 56.8 Å². The first-order valence-corrected chi connectivity index (χ1v) is 24.8. The van der Waals surface area contributed by atoms with Crippen molar-refractivity contribution in [1.29, 1.82) is 0 Å². The van der Waals surface area contributed by atoms with E-state index in [-0.39, 0.29) is 37.9 Å². The second-order valence-corrected chi connectivity index (χ2v) is 19.5.